The Hall–Kier alpha value is -2.47. The summed E-state index contributed by atoms with van der Waals surface area (Å²) in [5, 5.41) is 4.24. The maximum atomic E-state index is 12.2. The maximum absolute atomic E-state index is 12.2. The number of carbonyl (C=O) groups excluding carboxylic acids is 1. The lowest BCUT2D eigenvalue weighted by molar-refractivity contribution is 0.0952. The van der Waals surface area contributed by atoms with Crippen LogP contribution < -0.4 is 10.2 Å². The van der Waals surface area contributed by atoms with Crippen molar-refractivity contribution in [3.63, 3.8) is 0 Å². The SMILES string of the molecule is Cc1ccc(C(=O)N/N=c2/sc3ccccc3n2C)c(C)n1. The number of carbonyl (C=O) groups is 1. The second-order valence-corrected chi connectivity index (χ2v) is 6.06. The molecule has 0 aliphatic rings. The van der Waals surface area contributed by atoms with E-state index >= 15 is 0 Å². The second kappa shape index (κ2) is 5.73. The van der Waals surface area contributed by atoms with E-state index in [9.17, 15) is 4.79 Å². The summed E-state index contributed by atoms with van der Waals surface area (Å²) in [7, 11) is 1.93. The number of amides is 1. The van der Waals surface area contributed by atoms with Gasteiger partial charge in [0.1, 0.15) is 0 Å². The van der Waals surface area contributed by atoms with Crippen LogP contribution in [0.3, 0.4) is 0 Å². The standard InChI is InChI=1S/C16H16N4OS/c1-10-8-9-12(11(2)17-10)15(21)18-19-16-20(3)13-6-4-5-7-14(13)22-16/h4-9H,1-3H3,(H,18,21)/b19-16+. The van der Waals surface area contributed by atoms with Gasteiger partial charge in [-0.05, 0) is 38.1 Å². The highest BCUT2D eigenvalue weighted by atomic mass is 32.1. The Bertz CT molecular complexity index is 923. The average Bonchev–Trinajstić information content (AvgIpc) is 2.82. The van der Waals surface area contributed by atoms with Gasteiger partial charge in [0, 0.05) is 12.7 Å². The summed E-state index contributed by atoms with van der Waals surface area (Å²) in [6.45, 7) is 3.72. The molecule has 3 aromatic rings. The third-order valence-electron chi connectivity index (χ3n) is 3.44. The van der Waals surface area contributed by atoms with E-state index in [0.717, 1.165) is 20.7 Å². The molecule has 0 saturated carbocycles. The Morgan fingerprint density at radius 2 is 2.00 bits per heavy atom. The molecule has 0 spiro atoms. The molecule has 0 radical (unpaired) electrons. The van der Waals surface area contributed by atoms with Crippen LogP contribution in [0, 0.1) is 13.8 Å². The fraction of sp³-hybridized carbons (Fsp3) is 0.188. The molecule has 0 unspecified atom stereocenters. The molecule has 0 aliphatic carbocycles. The first kappa shape index (κ1) is 14.5. The van der Waals surface area contributed by atoms with Crippen molar-refractivity contribution in [3.8, 4) is 0 Å². The van der Waals surface area contributed by atoms with Crippen molar-refractivity contribution >= 4 is 27.5 Å². The zero-order chi connectivity index (χ0) is 15.7. The Labute approximate surface area is 131 Å². The molecule has 2 heterocycles. The van der Waals surface area contributed by atoms with E-state index in [2.05, 4.69) is 15.5 Å². The molecular formula is C16H16N4OS. The number of nitrogens with one attached hydrogen (secondary N) is 1. The quantitative estimate of drug-likeness (QED) is 0.739. The third-order valence-corrected chi connectivity index (χ3v) is 4.55. The van der Waals surface area contributed by atoms with Crippen molar-refractivity contribution in [3.05, 3.63) is 58.2 Å². The van der Waals surface area contributed by atoms with E-state index in [0.29, 0.717) is 11.3 Å². The first-order chi connectivity index (χ1) is 10.6. The number of para-hydroxylation sites is 1. The number of pyridine rings is 1. The van der Waals surface area contributed by atoms with Crippen LogP contribution in [0.2, 0.25) is 0 Å². The predicted octanol–water partition coefficient (Wildman–Crippen LogP) is 2.50. The number of hydrogen-bond donors (Lipinski definition) is 1. The van der Waals surface area contributed by atoms with Gasteiger partial charge in [-0.1, -0.05) is 23.5 Å². The number of fused-ring (bicyclic) bond motifs is 1. The van der Waals surface area contributed by atoms with Crippen molar-refractivity contribution in [1.82, 2.24) is 15.0 Å². The summed E-state index contributed by atoms with van der Waals surface area (Å²) in [4.78, 5) is 17.3. The van der Waals surface area contributed by atoms with Gasteiger partial charge in [0.25, 0.3) is 5.91 Å². The van der Waals surface area contributed by atoms with E-state index in [1.807, 2.05) is 55.8 Å². The number of rotatable bonds is 2. The van der Waals surface area contributed by atoms with Crippen LogP contribution in [-0.4, -0.2) is 15.5 Å². The molecule has 5 nitrogen and oxygen atoms in total. The zero-order valence-corrected chi connectivity index (χ0v) is 13.4. The Kier molecular flexibility index (Phi) is 3.77. The lowest BCUT2D eigenvalue weighted by Gasteiger charge is -2.03. The zero-order valence-electron chi connectivity index (χ0n) is 12.6. The predicted molar refractivity (Wildman–Crippen MR) is 87.5 cm³/mol. The molecule has 2 aromatic heterocycles. The third kappa shape index (κ3) is 2.65. The maximum Gasteiger partial charge on any atom is 0.273 e. The number of hydrogen-bond acceptors (Lipinski definition) is 4. The summed E-state index contributed by atoms with van der Waals surface area (Å²) in [6.07, 6.45) is 0. The lowest BCUT2D eigenvalue weighted by atomic mass is 10.2. The lowest BCUT2D eigenvalue weighted by Crippen LogP contribution is -2.24. The number of nitrogens with zero attached hydrogens (tertiary/aromatic N) is 3. The molecule has 112 valence electrons. The number of aromatic nitrogens is 2. The topological polar surface area (TPSA) is 59.3 Å². The first-order valence-corrected chi connectivity index (χ1v) is 7.71. The van der Waals surface area contributed by atoms with Crippen molar-refractivity contribution < 1.29 is 4.79 Å². The average molecular weight is 312 g/mol. The van der Waals surface area contributed by atoms with Crippen LogP contribution in [0.4, 0.5) is 0 Å². The van der Waals surface area contributed by atoms with Crippen LogP contribution in [0.25, 0.3) is 10.2 Å². The van der Waals surface area contributed by atoms with E-state index in [1.165, 1.54) is 11.3 Å². The monoisotopic (exact) mass is 312 g/mol. The molecule has 0 bridgehead atoms. The van der Waals surface area contributed by atoms with Crippen molar-refractivity contribution in [2.45, 2.75) is 13.8 Å². The highest BCUT2D eigenvalue weighted by molar-refractivity contribution is 7.16. The van der Waals surface area contributed by atoms with Crippen LogP contribution in [-0.2, 0) is 7.05 Å². The molecule has 1 amide bonds. The van der Waals surface area contributed by atoms with E-state index < -0.39 is 0 Å². The molecule has 0 atom stereocenters. The Morgan fingerprint density at radius 3 is 2.73 bits per heavy atom. The second-order valence-electron chi connectivity index (χ2n) is 5.05. The van der Waals surface area contributed by atoms with Gasteiger partial charge in [0.15, 0.2) is 0 Å². The van der Waals surface area contributed by atoms with Gasteiger partial charge in [-0.3, -0.25) is 9.78 Å². The number of benzene rings is 1. The summed E-state index contributed by atoms with van der Waals surface area (Å²) in [6, 6.07) is 11.6. The minimum absolute atomic E-state index is 0.248. The summed E-state index contributed by atoms with van der Waals surface area (Å²) < 4.78 is 3.09. The Morgan fingerprint density at radius 1 is 1.23 bits per heavy atom. The van der Waals surface area contributed by atoms with Gasteiger partial charge in [-0.15, -0.1) is 5.10 Å². The van der Waals surface area contributed by atoms with Gasteiger partial charge in [0.05, 0.1) is 21.5 Å². The molecule has 22 heavy (non-hydrogen) atoms. The highest BCUT2D eigenvalue weighted by Crippen LogP contribution is 2.15. The van der Waals surface area contributed by atoms with Gasteiger partial charge in [-0.25, -0.2) is 5.43 Å². The van der Waals surface area contributed by atoms with Crippen LogP contribution >= 0.6 is 11.3 Å². The molecule has 1 N–H and O–H groups in total. The fourth-order valence-corrected chi connectivity index (χ4v) is 3.25. The Balaban J connectivity index is 1.92. The van der Waals surface area contributed by atoms with E-state index in [1.54, 1.807) is 6.07 Å². The van der Waals surface area contributed by atoms with Gasteiger partial charge in [0.2, 0.25) is 4.80 Å². The van der Waals surface area contributed by atoms with E-state index in [-0.39, 0.29) is 5.91 Å². The van der Waals surface area contributed by atoms with Crippen molar-refractivity contribution in [2.75, 3.05) is 0 Å². The van der Waals surface area contributed by atoms with Crippen LogP contribution in [0.5, 0.6) is 0 Å². The molecule has 0 fully saturated rings. The number of thiazole rings is 1. The van der Waals surface area contributed by atoms with Crippen LogP contribution in [0.1, 0.15) is 21.7 Å². The summed E-state index contributed by atoms with van der Waals surface area (Å²) >= 11 is 1.53. The molecule has 0 saturated heterocycles. The molecule has 3 rings (SSSR count). The van der Waals surface area contributed by atoms with Gasteiger partial charge in [-0.2, -0.15) is 0 Å². The molecular weight excluding hydrogens is 296 g/mol. The minimum Gasteiger partial charge on any atom is -0.318 e. The highest BCUT2D eigenvalue weighted by Gasteiger charge is 2.09. The first-order valence-electron chi connectivity index (χ1n) is 6.89. The van der Waals surface area contributed by atoms with Gasteiger partial charge >= 0.3 is 0 Å². The number of aryl methyl sites for hydroxylation is 3. The molecule has 6 heteroatoms. The largest absolute Gasteiger partial charge is 0.318 e. The summed E-state index contributed by atoms with van der Waals surface area (Å²) in [5.41, 5.74) is 5.84. The van der Waals surface area contributed by atoms with Gasteiger partial charge < -0.3 is 4.57 Å². The molecule has 1 aromatic carbocycles. The van der Waals surface area contributed by atoms with E-state index in [4.69, 9.17) is 0 Å². The van der Waals surface area contributed by atoms with Crippen molar-refractivity contribution in [1.29, 1.82) is 0 Å². The van der Waals surface area contributed by atoms with Crippen molar-refractivity contribution in [2.24, 2.45) is 12.1 Å². The molecule has 0 aliphatic heterocycles. The van der Waals surface area contributed by atoms with Crippen LogP contribution in [0.15, 0.2) is 41.5 Å². The smallest absolute Gasteiger partial charge is 0.273 e. The summed E-state index contributed by atoms with van der Waals surface area (Å²) in [5.74, 6) is -0.248. The minimum atomic E-state index is -0.248. The normalized spacial score (nSPS) is 11.9. The fourth-order valence-electron chi connectivity index (χ4n) is 2.27.